The van der Waals surface area contributed by atoms with Gasteiger partial charge in [-0.15, -0.1) is 18.3 Å². The highest BCUT2D eigenvalue weighted by Crippen LogP contribution is 2.23. The van der Waals surface area contributed by atoms with E-state index in [2.05, 4.69) is 29.5 Å². The first-order valence-corrected chi connectivity index (χ1v) is 9.80. The third-order valence-electron chi connectivity index (χ3n) is 4.19. The Balaban J connectivity index is 2.66. The second-order valence-electron chi connectivity index (χ2n) is 5.91. The molecule has 0 aromatic rings. The number of hydrogen-bond acceptors (Lipinski definition) is 5. The van der Waals surface area contributed by atoms with Crippen molar-refractivity contribution in [1.29, 1.82) is 0 Å². The zero-order valence-electron chi connectivity index (χ0n) is 15.5. The van der Waals surface area contributed by atoms with Gasteiger partial charge in [-0.1, -0.05) is 18.2 Å². The van der Waals surface area contributed by atoms with Crippen LogP contribution in [-0.2, 0) is 9.53 Å². The van der Waals surface area contributed by atoms with Crippen LogP contribution in [-0.4, -0.2) is 66.2 Å². The van der Waals surface area contributed by atoms with Crippen LogP contribution >= 0.6 is 11.8 Å². The van der Waals surface area contributed by atoms with Crippen molar-refractivity contribution in [1.82, 2.24) is 4.90 Å². The first kappa shape index (κ1) is 21.7. The molecule has 0 aliphatic carbocycles. The first-order chi connectivity index (χ1) is 12.0. The minimum Gasteiger partial charge on any atom is -0.480 e. The summed E-state index contributed by atoms with van der Waals surface area (Å²) in [6, 6.07) is 0.117. The average molecular weight is 367 g/mol. The van der Waals surface area contributed by atoms with Gasteiger partial charge >= 0.3 is 5.97 Å². The molecule has 1 rings (SSSR count). The van der Waals surface area contributed by atoms with E-state index in [-0.39, 0.29) is 12.6 Å². The predicted molar refractivity (Wildman–Crippen MR) is 107 cm³/mol. The fourth-order valence-corrected chi connectivity index (χ4v) is 3.00. The molecule has 1 heterocycles. The summed E-state index contributed by atoms with van der Waals surface area (Å²) in [6.45, 7) is 10.9. The lowest BCUT2D eigenvalue weighted by atomic mass is 10.0. The minimum absolute atomic E-state index is 0.117. The third kappa shape index (κ3) is 8.52. The second-order valence-corrected chi connectivity index (χ2v) is 6.91. The Hall–Kier alpha value is -1.37. The van der Waals surface area contributed by atoms with Crippen molar-refractivity contribution >= 4 is 22.8 Å². The van der Waals surface area contributed by atoms with E-state index in [1.54, 1.807) is 11.8 Å². The molecule has 25 heavy (non-hydrogen) atoms. The van der Waals surface area contributed by atoms with E-state index >= 15 is 0 Å². The van der Waals surface area contributed by atoms with Gasteiger partial charge in [-0.3, -0.25) is 4.99 Å². The average Bonchev–Trinajstić information content (AvgIpc) is 2.79. The number of ether oxygens (including phenoxy) is 1. The molecule has 1 aliphatic heterocycles. The van der Waals surface area contributed by atoms with Gasteiger partial charge in [0.1, 0.15) is 6.61 Å². The molecular weight excluding hydrogens is 336 g/mol. The molecule has 6 heteroatoms. The number of aliphatic imine (C=N–C) groups is 1. The maximum atomic E-state index is 10.5. The molecule has 0 amide bonds. The van der Waals surface area contributed by atoms with Crippen molar-refractivity contribution in [2.45, 2.75) is 32.7 Å². The summed E-state index contributed by atoms with van der Waals surface area (Å²) in [6.07, 6.45) is 10.0. The molecule has 140 valence electrons. The minimum atomic E-state index is -0.937. The summed E-state index contributed by atoms with van der Waals surface area (Å²) < 4.78 is 5.15. The topological polar surface area (TPSA) is 62.1 Å². The number of carboxylic acid groups (broad SMARTS) is 1. The van der Waals surface area contributed by atoms with E-state index in [9.17, 15) is 4.79 Å². The SMILES string of the molecule is C=CC(CN1CCC(=C/C)/C(=C\COCC(=O)O)CC1)N=C(C)SC. The van der Waals surface area contributed by atoms with Crippen molar-refractivity contribution in [2.24, 2.45) is 4.99 Å². The van der Waals surface area contributed by atoms with Crippen LogP contribution in [0.3, 0.4) is 0 Å². The van der Waals surface area contributed by atoms with Crippen molar-refractivity contribution in [3.63, 3.8) is 0 Å². The quantitative estimate of drug-likeness (QED) is 0.309. The lowest BCUT2D eigenvalue weighted by Gasteiger charge is -2.22. The van der Waals surface area contributed by atoms with E-state index in [0.717, 1.165) is 37.5 Å². The zero-order valence-corrected chi connectivity index (χ0v) is 16.3. The molecule has 5 nitrogen and oxygen atoms in total. The van der Waals surface area contributed by atoms with E-state index in [4.69, 9.17) is 9.84 Å². The number of likely N-dealkylation sites (tertiary alicyclic amines) is 1. The molecule has 0 radical (unpaired) electrons. The van der Waals surface area contributed by atoms with Gasteiger partial charge in [0.15, 0.2) is 0 Å². The van der Waals surface area contributed by atoms with Crippen LogP contribution in [0.1, 0.15) is 26.7 Å². The highest BCUT2D eigenvalue weighted by molar-refractivity contribution is 8.13. The summed E-state index contributed by atoms with van der Waals surface area (Å²) in [5, 5.41) is 9.71. The Bertz CT molecular complexity index is 541. The van der Waals surface area contributed by atoms with Gasteiger partial charge in [0, 0.05) is 19.6 Å². The fraction of sp³-hybridized carbons (Fsp3) is 0.579. The number of aliphatic carboxylic acids is 1. The Kier molecular flexibility index (Phi) is 10.5. The maximum Gasteiger partial charge on any atom is 0.329 e. The lowest BCUT2D eigenvalue weighted by molar-refractivity contribution is -0.141. The smallest absolute Gasteiger partial charge is 0.329 e. The van der Waals surface area contributed by atoms with Gasteiger partial charge < -0.3 is 14.7 Å². The van der Waals surface area contributed by atoms with Crippen LogP contribution in [0, 0.1) is 0 Å². The van der Waals surface area contributed by atoms with Gasteiger partial charge in [-0.05, 0) is 44.1 Å². The highest BCUT2D eigenvalue weighted by Gasteiger charge is 2.17. The number of allylic oxidation sites excluding steroid dienone is 1. The molecule has 1 unspecified atom stereocenters. The lowest BCUT2D eigenvalue weighted by Crippen LogP contribution is -2.32. The molecule has 1 N–H and O–H groups in total. The van der Waals surface area contributed by atoms with Crippen molar-refractivity contribution < 1.29 is 14.6 Å². The maximum absolute atomic E-state index is 10.5. The number of carboxylic acids is 1. The number of hydrogen-bond donors (Lipinski definition) is 1. The molecule has 1 fully saturated rings. The van der Waals surface area contributed by atoms with E-state index in [0.29, 0.717) is 6.61 Å². The van der Waals surface area contributed by atoms with Gasteiger partial charge in [0.25, 0.3) is 0 Å². The Morgan fingerprint density at radius 3 is 2.68 bits per heavy atom. The Labute approximate surface area is 155 Å². The van der Waals surface area contributed by atoms with Crippen LogP contribution < -0.4 is 0 Å². The summed E-state index contributed by atoms with van der Waals surface area (Å²) in [5.74, 6) is -0.937. The summed E-state index contributed by atoms with van der Waals surface area (Å²) in [7, 11) is 0. The summed E-state index contributed by atoms with van der Waals surface area (Å²) in [4.78, 5) is 17.6. The Morgan fingerprint density at radius 1 is 1.44 bits per heavy atom. The van der Waals surface area contributed by atoms with E-state index in [1.165, 1.54) is 11.1 Å². The number of rotatable bonds is 8. The van der Waals surface area contributed by atoms with E-state index in [1.807, 2.05) is 25.3 Å². The molecule has 1 aliphatic rings. The Morgan fingerprint density at radius 2 is 2.12 bits per heavy atom. The molecule has 0 aromatic heterocycles. The predicted octanol–water partition coefficient (Wildman–Crippen LogP) is 3.39. The fourth-order valence-electron chi connectivity index (χ4n) is 2.76. The first-order valence-electron chi connectivity index (χ1n) is 8.57. The molecule has 0 spiro atoms. The number of nitrogens with zero attached hydrogens (tertiary/aromatic N) is 2. The molecule has 1 atom stereocenters. The molecular formula is C19H30N2O3S. The summed E-state index contributed by atoms with van der Waals surface area (Å²) >= 11 is 1.66. The summed E-state index contributed by atoms with van der Waals surface area (Å²) in [5.41, 5.74) is 2.58. The second kappa shape index (κ2) is 12.1. The van der Waals surface area contributed by atoms with Crippen LogP contribution in [0.15, 0.2) is 40.9 Å². The molecule has 1 saturated heterocycles. The molecule has 0 bridgehead atoms. The normalized spacial score (nSPS) is 21.3. The van der Waals surface area contributed by atoms with Gasteiger partial charge in [-0.2, -0.15) is 0 Å². The van der Waals surface area contributed by atoms with Crippen molar-refractivity contribution in [3.05, 3.63) is 36.0 Å². The zero-order chi connectivity index (χ0) is 18.7. The van der Waals surface area contributed by atoms with Gasteiger partial charge in [-0.25, -0.2) is 4.79 Å². The molecule has 0 saturated carbocycles. The van der Waals surface area contributed by atoms with E-state index < -0.39 is 5.97 Å². The standard InChI is InChI=1S/C19H30N2O3S/c1-5-16-7-10-21(13-18(6-2)20-15(3)25-4)11-8-17(16)9-12-24-14-19(22)23/h5-6,9,18H,2,7-8,10-14H2,1,3-4H3,(H,22,23)/b16-5-,17-9-,20-15?. The highest BCUT2D eigenvalue weighted by atomic mass is 32.2. The van der Waals surface area contributed by atoms with Crippen molar-refractivity contribution in [2.75, 3.05) is 39.1 Å². The molecule has 0 aromatic carbocycles. The van der Waals surface area contributed by atoms with Crippen LogP contribution in [0.25, 0.3) is 0 Å². The third-order valence-corrected chi connectivity index (χ3v) is 4.89. The van der Waals surface area contributed by atoms with Gasteiger partial charge in [0.2, 0.25) is 0 Å². The van der Waals surface area contributed by atoms with Crippen LogP contribution in [0.2, 0.25) is 0 Å². The largest absolute Gasteiger partial charge is 0.480 e. The monoisotopic (exact) mass is 366 g/mol. The van der Waals surface area contributed by atoms with Crippen LogP contribution in [0.5, 0.6) is 0 Å². The van der Waals surface area contributed by atoms with Crippen LogP contribution in [0.4, 0.5) is 0 Å². The number of thioether (sulfide) groups is 1. The van der Waals surface area contributed by atoms with Gasteiger partial charge in [0.05, 0.1) is 17.7 Å². The van der Waals surface area contributed by atoms with Crippen molar-refractivity contribution in [3.8, 4) is 0 Å². The number of carbonyl (C=O) groups is 1.